The fourth-order valence-electron chi connectivity index (χ4n) is 2.56. The molecular weight excluding hydrogens is 400 g/mol. The summed E-state index contributed by atoms with van der Waals surface area (Å²) in [5.41, 5.74) is 2.64. The first-order valence-corrected chi connectivity index (χ1v) is 10.2. The number of aryl methyl sites for hydroxylation is 2. The van der Waals surface area contributed by atoms with Gasteiger partial charge in [-0.1, -0.05) is 5.56 Å². The first-order valence-electron chi connectivity index (χ1n) is 8.44. The van der Waals surface area contributed by atoms with Gasteiger partial charge >= 0.3 is 148 Å². The SMILES string of the molecule is Cc1ccc(OCC(C)N(C)c2ccc(N([N]F)P(F)(F)(F)F)c(C)c2)cc1. The molecule has 155 valence electrons. The number of likely N-dealkylation sites (N-methyl/N-ethyl adjacent to an activating group) is 1. The molecule has 0 saturated carbocycles. The number of benzene rings is 2. The van der Waals surface area contributed by atoms with Crippen LogP contribution < -0.4 is 20.1 Å². The van der Waals surface area contributed by atoms with Crippen LogP contribution in [0, 0.1) is 13.8 Å². The Labute approximate surface area is 161 Å². The van der Waals surface area contributed by atoms with Gasteiger partial charge in [-0.2, -0.15) is 0 Å². The van der Waals surface area contributed by atoms with Crippen LogP contribution in [0.2, 0.25) is 0 Å². The minimum atomic E-state index is -8.39. The fraction of sp³-hybridized carbons (Fsp3) is 0.333. The molecule has 0 aromatic heterocycles. The van der Waals surface area contributed by atoms with Crippen LogP contribution in [0.1, 0.15) is 18.1 Å². The van der Waals surface area contributed by atoms with Gasteiger partial charge in [0.05, 0.1) is 0 Å². The van der Waals surface area contributed by atoms with E-state index in [1.807, 2.05) is 38.1 Å². The summed E-state index contributed by atoms with van der Waals surface area (Å²) in [6, 6.07) is 11.2. The Bertz CT molecular complexity index is 804. The van der Waals surface area contributed by atoms with Gasteiger partial charge in [-0.25, -0.2) is 0 Å². The third-order valence-corrected chi connectivity index (χ3v) is 5.19. The molecule has 0 heterocycles. The third-order valence-electron chi connectivity index (χ3n) is 4.33. The van der Waals surface area contributed by atoms with E-state index in [4.69, 9.17) is 4.74 Å². The summed E-state index contributed by atoms with van der Waals surface area (Å²) in [6.07, 6.45) is 0. The zero-order valence-electron chi connectivity index (χ0n) is 15.9. The number of nitrogens with zero attached hydrogens (tertiary/aromatic N) is 3. The third kappa shape index (κ3) is 5.45. The molecule has 0 fully saturated rings. The summed E-state index contributed by atoms with van der Waals surface area (Å²) in [5.74, 6) is 0.709. The quantitative estimate of drug-likeness (QED) is 0.279. The molecule has 2 aromatic carbocycles. The summed E-state index contributed by atoms with van der Waals surface area (Å²) in [7, 11) is -6.64. The van der Waals surface area contributed by atoms with E-state index in [-0.39, 0.29) is 11.6 Å². The molecule has 1 unspecified atom stereocenters. The Balaban J connectivity index is 2.12. The van der Waals surface area contributed by atoms with Gasteiger partial charge in [0.15, 0.2) is 0 Å². The molecule has 10 heteroatoms. The molecule has 2 rings (SSSR count). The summed E-state index contributed by atoms with van der Waals surface area (Å²) < 4.78 is 69.1. The van der Waals surface area contributed by atoms with Gasteiger partial charge in [-0.15, -0.1) is 0 Å². The number of halogens is 5. The van der Waals surface area contributed by atoms with Gasteiger partial charge in [-0.3, -0.25) is 0 Å². The number of ether oxygens (including phenoxy) is 1. The predicted octanol–water partition coefficient (Wildman–Crippen LogP) is 6.42. The molecule has 0 spiro atoms. The standard InChI is InChI=1S/C18H22F5N3OP/c1-13-5-8-17(9-6-13)27-12-15(3)25(4)16-7-10-18(14(2)11-16)26(24-19)28(20,21,22)23/h5-11,15H,12H2,1-4H3. The Morgan fingerprint density at radius 1 is 1.04 bits per heavy atom. The number of rotatable bonds is 8. The van der Waals surface area contributed by atoms with Gasteiger partial charge < -0.3 is 0 Å². The maximum atomic E-state index is 13.0. The molecule has 4 nitrogen and oxygen atoms in total. The van der Waals surface area contributed by atoms with E-state index in [0.29, 0.717) is 18.0 Å². The van der Waals surface area contributed by atoms with Crippen LogP contribution in [0.15, 0.2) is 42.5 Å². The van der Waals surface area contributed by atoms with Crippen molar-refractivity contribution in [2.24, 2.45) is 0 Å². The second kappa shape index (κ2) is 8.09. The van der Waals surface area contributed by atoms with E-state index in [9.17, 15) is 21.3 Å². The molecule has 0 aliphatic rings. The molecule has 1 radical (unpaired) electrons. The number of hydrogen-bond acceptors (Lipinski definition) is 3. The zero-order valence-corrected chi connectivity index (χ0v) is 16.8. The van der Waals surface area contributed by atoms with E-state index in [2.05, 4.69) is 0 Å². The number of anilines is 2. The molecule has 0 aliphatic carbocycles. The van der Waals surface area contributed by atoms with E-state index in [1.165, 1.54) is 19.1 Å². The summed E-state index contributed by atoms with van der Waals surface area (Å²) >= 11 is 0. The predicted molar refractivity (Wildman–Crippen MR) is 103 cm³/mol. The average Bonchev–Trinajstić information content (AvgIpc) is 2.60. The number of hydrogen-bond donors (Lipinski definition) is 0. The van der Waals surface area contributed by atoms with Gasteiger partial charge in [0.2, 0.25) is 0 Å². The van der Waals surface area contributed by atoms with E-state index in [0.717, 1.165) is 11.6 Å². The van der Waals surface area contributed by atoms with Crippen molar-refractivity contribution in [2.75, 3.05) is 23.3 Å². The van der Waals surface area contributed by atoms with Crippen LogP contribution in [-0.4, -0.2) is 19.7 Å². The second-order valence-electron chi connectivity index (χ2n) is 6.61. The second-order valence-corrected chi connectivity index (χ2v) is 8.36. The van der Waals surface area contributed by atoms with Gasteiger partial charge in [-0.05, 0) is 6.92 Å². The van der Waals surface area contributed by atoms with Gasteiger partial charge in [0.1, 0.15) is 0 Å². The van der Waals surface area contributed by atoms with Crippen LogP contribution in [0.3, 0.4) is 0 Å². The normalized spacial score (nSPS) is 14.1. The molecule has 0 saturated heterocycles. The Hall–Kier alpha value is -2.12. The molecule has 1 atom stereocenters. The van der Waals surface area contributed by atoms with Crippen LogP contribution in [0.25, 0.3) is 0 Å². The van der Waals surface area contributed by atoms with Crippen LogP contribution in [0.5, 0.6) is 5.75 Å². The Morgan fingerprint density at radius 2 is 1.64 bits per heavy atom. The average molecular weight is 422 g/mol. The summed E-state index contributed by atoms with van der Waals surface area (Å²) in [5, 5.41) is 0. The summed E-state index contributed by atoms with van der Waals surface area (Å²) in [4.78, 5) is 1.80. The molecule has 0 aliphatic heterocycles. The maximum absolute atomic E-state index is 13.0. The van der Waals surface area contributed by atoms with Crippen LogP contribution in [0.4, 0.5) is 32.6 Å². The minimum absolute atomic E-state index is 0.0389. The molecule has 2 aromatic rings. The zero-order chi connectivity index (χ0) is 21.1. The van der Waals surface area contributed by atoms with Crippen molar-refractivity contribution < 1.29 is 26.0 Å². The fourth-order valence-corrected chi connectivity index (χ4v) is 3.21. The van der Waals surface area contributed by atoms with Gasteiger partial charge in [0.25, 0.3) is 0 Å². The van der Waals surface area contributed by atoms with Gasteiger partial charge in [0, 0.05) is 0 Å². The van der Waals surface area contributed by atoms with Crippen molar-refractivity contribution in [3.63, 3.8) is 0 Å². The molecule has 0 amide bonds. The van der Waals surface area contributed by atoms with Crippen LogP contribution >= 0.6 is 8.00 Å². The first-order chi connectivity index (χ1) is 12.9. The van der Waals surface area contributed by atoms with Crippen molar-refractivity contribution in [1.82, 2.24) is 5.65 Å². The summed E-state index contributed by atoms with van der Waals surface area (Å²) in [6.45, 7) is 5.53. The van der Waals surface area contributed by atoms with Crippen molar-refractivity contribution in [2.45, 2.75) is 26.8 Å². The van der Waals surface area contributed by atoms with Crippen molar-refractivity contribution in [3.8, 4) is 5.75 Å². The van der Waals surface area contributed by atoms with E-state index < -0.39 is 18.5 Å². The van der Waals surface area contributed by atoms with Crippen LogP contribution in [-0.2, 0) is 0 Å². The monoisotopic (exact) mass is 422 g/mol. The van der Waals surface area contributed by atoms with Crippen molar-refractivity contribution in [3.05, 3.63) is 53.6 Å². The molecule has 0 bridgehead atoms. The van der Waals surface area contributed by atoms with Crippen molar-refractivity contribution >= 4 is 19.4 Å². The first kappa shape index (κ1) is 22.2. The molecule has 0 N–H and O–H groups in total. The van der Waals surface area contributed by atoms with E-state index >= 15 is 0 Å². The Morgan fingerprint density at radius 3 is 2.14 bits per heavy atom. The topological polar surface area (TPSA) is 29.8 Å². The van der Waals surface area contributed by atoms with E-state index in [1.54, 1.807) is 17.6 Å². The molecule has 28 heavy (non-hydrogen) atoms. The molecular formula is C18H22F5N3OP. The Kier molecular flexibility index (Phi) is 6.41. The van der Waals surface area contributed by atoms with Crippen molar-refractivity contribution in [1.29, 1.82) is 0 Å².